The van der Waals surface area contributed by atoms with Gasteiger partial charge in [-0.15, -0.1) is 0 Å². The number of carboxylic acid groups (broad SMARTS) is 1. The lowest BCUT2D eigenvalue weighted by molar-refractivity contribution is 0.0684. The van der Waals surface area contributed by atoms with Gasteiger partial charge in [0.15, 0.2) is 17.0 Å². The average Bonchev–Trinajstić information content (AvgIpc) is 3.07. The van der Waals surface area contributed by atoms with Crippen LogP contribution in [0.1, 0.15) is 17.5 Å². The van der Waals surface area contributed by atoms with Crippen molar-refractivity contribution in [3.05, 3.63) is 30.4 Å². The number of hydrogen-bond donors (Lipinski definition) is 1. The number of hydrogen-bond acceptors (Lipinski definition) is 7. The summed E-state index contributed by atoms with van der Waals surface area (Å²) in [4.78, 5) is 30.9. The van der Waals surface area contributed by atoms with Gasteiger partial charge in [-0.05, 0) is 19.1 Å². The SMILES string of the molecule is CCn1c(-c2ccncc2)nc2c(N3CCOCC3)nc(C(=O)O)nc21. The van der Waals surface area contributed by atoms with E-state index in [1.807, 2.05) is 28.5 Å². The molecule has 0 amide bonds. The third-order valence-electron chi connectivity index (χ3n) is 4.33. The molecule has 4 rings (SSSR count). The highest BCUT2D eigenvalue weighted by atomic mass is 16.5. The van der Waals surface area contributed by atoms with Gasteiger partial charge in [0.1, 0.15) is 5.82 Å². The number of fused-ring (bicyclic) bond motifs is 1. The summed E-state index contributed by atoms with van der Waals surface area (Å²) in [6.45, 7) is 4.98. The molecule has 0 bridgehead atoms. The fourth-order valence-electron chi connectivity index (χ4n) is 3.10. The summed E-state index contributed by atoms with van der Waals surface area (Å²) >= 11 is 0. The fraction of sp³-hybridized carbons (Fsp3) is 0.353. The van der Waals surface area contributed by atoms with E-state index in [0.29, 0.717) is 49.8 Å². The van der Waals surface area contributed by atoms with Crippen LogP contribution in [0.2, 0.25) is 0 Å². The van der Waals surface area contributed by atoms with Gasteiger partial charge >= 0.3 is 5.97 Å². The van der Waals surface area contributed by atoms with Crippen LogP contribution in [0.3, 0.4) is 0 Å². The smallest absolute Gasteiger partial charge is 0.374 e. The molecule has 26 heavy (non-hydrogen) atoms. The lowest BCUT2D eigenvalue weighted by atomic mass is 10.2. The number of ether oxygens (including phenoxy) is 1. The van der Waals surface area contributed by atoms with E-state index in [0.717, 1.165) is 11.4 Å². The molecule has 1 aliphatic heterocycles. The zero-order valence-corrected chi connectivity index (χ0v) is 14.3. The summed E-state index contributed by atoms with van der Waals surface area (Å²) in [5, 5.41) is 9.45. The molecule has 4 heterocycles. The Kier molecular flexibility index (Phi) is 4.21. The zero-order valence-electron chi connectivity index (χ0n) is 14.3. The highest BCUT2D eigenvalue weighted by molar-refractivity contribution is 5.92. The maximum Gasteiger partial charge on any atom is 0.374 e. The van der Waals surface area contributed by atoms with Crippen LogP contribution in [0.25, 0.3) is 22.6 Å². The van der Waals surface area contributed by atoms with Crippen LogP contribution < -0.4 is 4.90 Å². The number of nitrogens with zero attached hydrogens (tertiary/aromatic N) is 6. The van der Waals surface area contributed by atoms with Crippen molar-refractivity contribution in [3.8, 4) is 11.4 Å². The summed E-state index contributed by atoms with van der Waals surface area (Å²) in [7, 11) is 0. The van der Waals surface area contributed by atoms with E-state index in [1.165, 1.54) is 0 Å². The average molecular weight is 354 g/mol. The van der Waals surface area contributed by atoms with Gasteiger partial charge in [-0.2, -0.15) is 0 Å². The number of pyridine rings is 1. The summed E-state index contributed by atoms with van der Waals surface area (Å²) in [5.41, 5.74) is 2.02. The number of imidazole rings is 1. The van der Waals surface area contributed by atoms with Gasteiger partial charge in [-0.25, -0.2) is 19.7 Å². The van der Waals surface area contributed by atoms with Gasteiger partial charge in [0.2, 0.25) is 5.82 Å². The Morgan fingerprint density at radius 1 is 1.19 bits per heavy atom. The van der Waals surface area contributed by atoms with Crippen LogP contribution in [-0.2, 0) is 11.3 Å². The molecule has 0 aromatic carbocycles. The second-order valence-corrected chi connectivity index (χ2v) is 5.86. The molecule has 3 aromatic rings. The highest BCUT2D eigenvalue weighted by Gasteiger charge is 2.24. The largest absolute Gasteiger partial charge is 0.475 e. The molecule has 1 N–H and O–H groups in total. The zero-order chi connectivity index (χ0) is 18.1. The lowest BCUT2D eigenvalue weighted by Gasteiger charge is -2.27. The molecule has 134 valence electrons. The third kappa shape index (κ3) is 2.76. The van der Waals surface area contributed by atoms with E-state index in [2.05, 4.69) is 15.0 Å². The number of aromatic nitrogens is 5. The molecule has 0 atom stereocenters. The predicted octanol–water partition coefficient (Wildman–Crippen LogP) is 1.44. The summed E-state index contributed by atoms with van der Waals surface area (Å²) in [5.74, 6) is -0.125. The van der Waals surface area contributed by atoms with Gasteiger partial charge in [0, 0.05) is 37.6 Å². The van der Waals surface area contributed by atoms with Crippen molar-refractivity contribution in [2.45, 2.75) is 13.5 Å². The van der Waals surface area contributed by atoms with Gasteiger partial charge in [0.05, 0.1) is 13.2 Å². The molecule has 1 aliphatic rings. The molecule has 3 aromatic heterocycles. The minimum atomic E-state index is -1.16. The van der Waals surface area contributed by atoms with E-state index >= 15 is 0 Å². The molecular weight excluding hydrogens is 336 g/mol. The maximum atomic E-state index is 11.5. The Morgan fingerprint density at radius 2 is 1.92 bits per heavy atom. The lowest BCUT2D eigenvalue weighted by Crippen LogP contribution is -2.37. The van der Waals surface area contributed by atoms with E-state index in [4.69, 9.17) is 9.72 Å². The molecule has 0 radical (unpaired) electrons. The quantitative estimate of drug-likeness (QED) is 0.750. The standard InChI is InChI=1S/C17H18N6O3/c1-2-23-14(11-3-5-18-6-4-11)19-12-15(22-7-9-26-10-8-22)20-13(17(24)25)21-16(12)23/h3-6H,2,7-10H2,1H3,(H,24,25). The molecule has 0 aliphatic carbocycles. The normalized spacial score (nSPS) is 14.7. The Labute approximate surface area is 149 Å². The Balaban J connectivity index is 1.97. The topological polar surface area (TPSA) is 106 Å². The third-order valence-corrected chi connectivity index (χ3v) is 4.33. The van der Waals surface area contributed by atoms with Crippen molar-refractivity contribution in [3.63, 3.8) is 0 Å². The van der Waals surface area contributed by atoms with Crippen LogP contribution in [0.15, 0.2) is 24.5 Å². The maximum absolute atomic E-state index is 11.5. The van der Waals surface area contributed by atoms with Crippen molar-refractivity contribution >= 4 is 23.0 Å². The first-order chi connectivity index (χ1) is 12.7. The Bertz CT molecular complexity index is 950. The molecule has 1 saturated heterocycles. The fourth-order valence-corrected chi connectivity index (χ4v) is 3.10. The molecule has 0 unspecified atom stereocenters. The first-order valence-corrected chi connectivity index (χ1v) is 8.43. The summed E-state index contributed by atoms with van der Waals surface area (Å²) < 4.78 is 7.30. The predicted molar refractivity (Wildman–Crippen MR) is 94.2 cm³/mol. The van der Waals surface area contributed by atoms with Crippen molar-refractivity contribution in [2.75, 3.05) is 31.2 Å². The van der Waals surface area contributed by atoms with E-state index in [-0.39, 0.29) is 5.82 Å². The minimum absolute atomic E-state index is 0.227. The highest BCUT2D eigenvalue weighted by Crippen LogP contribution is 2.29. The van der Waals surface area contributed by atoms with Crippen LogP contribution in [0.4, 0.5) is 5.82 Å². The number of aromatic carboxylic acids is 1. The first kappa shape index (κ1) is 16.4. The second kappa shape index (κ2) is 6.68. The number of rotatable bonds is 4. The monoisotopic (exact) mass is 354 g/mol. The first-order valence-electron chi connectivity index (χ1n) is 8.43. The Morgan fingerprint density at radius 3 is 2.58 bits per heavy atom. The Hall–Kier alpha value is -3.07. The summed E-state index contributed by atoms with van der Waals surface area (Å²) in [6, 6.07) is 3.74. The second-order valence-electron chi connectivity index (χ2n) is 5.86. The van der Waals surface area contributed by atoms with Crippen LogP contribution in [-0.4, -0.2) is 61.9 Å². The van der Waals surface area contributed by atoms with Crippen LogP contribution in [0.5, 0.6) is 0 Å². The number of morpholine rings is 1. The molecule has 9 heteroatoms. The van der Waals surface area contributed by atoms with Crippen molar-refractivity contribution in [1.29, 1.82) is 0 Å². The number of aryl methyl sites for hydroxylation is 1. The minimum Gasteiger partial charge on any atom is -0.475 e. The van der Waals surface area contributed by atoms with Crippen LogP contribution in [0, 0.1) is 0 Å². The molecule has 9 nitrogen and oxygen atoms in total. The summed E-state index contributed by atoms with van der Waals surface area (Å²) in [6.07, 6.45) is 3.40. The van der Waals surface area contributed by atoms with E-state index in [9.17, 15) is 9.90 Å². The van der Waals surface area contributed by atoms with Crippen LogP contribution >= 0.6 is 0 Å². The number of carboxylic acids is 1. The molecular formula is C17H18N6O3. The van der Waals surface area contributed by atoms with E-state index in [1.54, 1.807) is 12.4 Å². The van der Waals surface area contributed by atoms with Crippen molar-refractivity contribution < 1.29 is 14.6 Å². The van der Waals surface area contributed by atoms with Crippen molar-refractivity contribution in [1.82, 2.24) is 24.5 Å². The van der Waals surface area contributed by atoms with E-state index < -0.39 is 5.97 Å². The molecule has 0 spiro atoms. The molecule has 0 saturated carbocycles. The van der Waals surface area contributed by atoms with Gasteiger partial charge in [0.25, 0.3) is 0 Å². The van der Waals surface area contributed by atoms with Crippen molar-refractivity contribution in [2.24, 2.45) is 0 Å². The van der Waals surface area contributed by atoms with Gasteiger partial charge < -0.3 is 19.3 Å². The number of anilines is 1. The van der Waals surface area contributed by atoms with Gasteiger partial charge in [-0.3, -0.25) is 4.98 Å². The van der Waals surface area contributed by atoms with Gasteiger partial charge in [-0.1, -0.05) is 0 Å². The molecule has 1 fully saturated rings. The number of carbonyl (C=O) groups is 1.